The molecule has 2 N–H and O–H groups in total. The molecule has 2 rings (SSSR count). The number of nitrogens with one attached hydrogen (secondary N) is 2. The van der Waals surface area contributed by atoms with Gasteiger partial charge in [0.2, 0.25) is 10.0 Å². The zero-order chi connectivity index (χ0) is 14.0. The van der Waals surface area contributed by atoms with E-state index in [1.807, 2.05) is 0 Å². The van der Waals surface area contributed by atoms with E-state index in [-0.39, 0.29) is 17.0 Å². The third-order valence-electron chi connectivity index (χ3n) is 2.74. The summed E-state index contributed by atoms with van der Waals surface area (Å²) in [6.45, 7) is 0.817. The van der Waals surface area contributed by atoms with E-state index in [1.54, 1.807) is 20.2 Å². The molecule has 0 fully saturated rings. The maximum Gasteiger partial charge on any atom is 0.419 e. The molecule has 1 aromatic heterocycles. The molecular weight excluding hydrogens is 270 g/mol. The number of hydrogen-bond acceptors (Lipinski definition) is 5. The zero-order valence-corrected chi connectivity index (χ0v) is 11.5. The lowest BCUT2D eigenvalue weighted by molar-refractivity contribution is 0.527. The van der Waals surface area contributed by atoms with Gasteiger partial charge in [-0.1, -0.05) is 0 Å². The van der Waals surface area contributed by atoms with Crippen molar-refractivity contribution in [2.45, 2.75) is 4.90 Å². The quantitative estimate of drug-likeness (QED) is 0.731. The van der Waals surface area contributed by atoms with E-state index in [0.29, 0.717) is 12.1 Å². The molecule has 1 heterocycles. The fourth-order valence-corrected chi connectivity index (χ4v) is 2.72. The molecule has 8 heteroatoms. The standard InChI is InChI=1S/C11H15N3O4S/c1-12-5-6-13-19(16,17)8-3-4-9-10(7-8)18-11(15)14(9)2/h3-4,7,12-13H,5-6H2,1-2H3. The maximum atomic E-state index is 12.0. The Morgan fingerprint density at radius 1 is 1.32 bits per heavy atom. The molecular formula is C11H15N3O4S. The highest BCUT2D eigenvalue weighted by molar-refractivity contribution is 7.89. The smallest absolute Gasteiger partial charge is 0.408 e. The number of sulfonamides is 1. The maximum absolute atomic E-state index is 12.0. The number of oxazole rings is 1. The van der Waals surface area contributed by atoms with Crippen LogP contribution in [0.15, 0.2) is 32.3 Å². The first-order valence-corrected chi connectivity index (χ1v) is 7.18. The van der Waals surface area contributed by atoms with Gasteiger partial charge in [0.05, 0.1) is 10.4 Å². The number of likely N-dealkylation sites (N-methyl/N-ethyl adjacent to an activating group) is 1. The van der Waals surface area contributed by atoms with Crippen molar-refractivity contribution in [3.63, 3.8) is 0 Å². The summed E-state index contributed by atoms with van der Waals surface area (Å²) < 4.78 is 32.7. The summed E-state index contributed by atoms with van der Waals surface area (Å²) in [7, 11) is -0.291. The summed E-state index contributed by atoms with van der Waals surface area (Å²) in [6, 6.07) is 4.34. The van der Waals surface area contributed by atoms with Gasteiger partial charge in [0.1, 0.15) is 0 Å². The molecule has 0 bridgehead atoms. The summed E-state index contributed by atoms with van der Waals surface area (Å²) in [6.07, 6.45) is 0. The van der Waals surface area contributed by atoms with Crippen LogP contribution in [0.5, 0.6) is 0 Å². The molecule has 0 atom stereocenters. The predicted octanol–water partition coefficient (Wildman–Crippen LogP) is -0.371. The molecule has 0 unspecified atom stereocenters. The van der Waals surface area contributed by atoms with Crippen molar-refractivity contribution >= 4 is 21.1 Å². The molecule has 1 aromatic carbocycles. The second-order valence-corrected chi connectivity index (χ2v) is 5.82. The van der Waals surface area contributed by atoms with Gasteiger partial charge in [0.25, 0.3) is 0 Å². The molecule has 0 amide bonds. The lowest BCUT2D eigenvalue weighted by Crippen LogP contribution is -2.30. The Balaban J connectivity index is 2.38. The van der Waals surface area contributed by atoms with Gasteiger partial charge in [0, 0.05) is 26.2 Å². The molecule has 0 aliphatic heterocycles. The van der Waals surface area contributed by atoms with Gasteiger partial charge in [-0.15, -0.1) is 0 Å². The first kappa shape index (κ1) is 13.8. The lowest BCUT2D eigenvalue weighted by atomic mass is 10.3. The number of nitrogens with zero attached hydrogens (tertiary/aromatic N) is 1. The van der Waals surface area contributed by atoms with Gasteiger partial charge >= 0.3 is 5.76 Å². The highest BCUT2D eigenvalue weighted by Gasteiger charge is 2.16. The Kier molecular flexibility index (Phi) is 3.74. The number of fused-ring (bicyclic) bond motifs is 1. The molecule has 0 radical (unpaired) electrons. The second-order valence-electron chi connectivity index (χ2n) is 4.06. The Morgan fingerprint density at radius 3 is 2.74 bits per heavy atom. The van der Waals surface area contributed by atoms with Crippen molar-refractivity contribution in [2.24, 2.45) is 7.05 Å². The summed E-state index contributed by atoms with van der Waals surface area (Å²) >= 11 is 0. The van der Waals surface area contributed by atoms with Crippen molar-refractivity contribution < 1.29 is 12.8 Å². The summed E-state index contributed by atoms with van der Waals surface area (Å²) in [5.74, 6) is -0.521. The Bertz CT molecular complexity index is 745. The zero-order valence-electron chi connectivity index (χ0n) is 10.6. The van der Waals surface area contributed by atoms with Crippen LogP contribution in [0.25, 0.3) is 11.1 Å². The van der Waals surface area contributed by atoms with E-state index >= 15 is 0 Å². The SMILES string of the molecule is CNCCNS(=O)(=O)c1ccc2c(c1)oc(=O)n2C. The number of rotatable bonds is 5. The van der Waals surface area contributed by atoms with Gasteiger partial charge in [-0.3, -0.25) is 4.57 Å². The van der Waals surface area contributed by atoms with E-state index in [9.17, 15) is 13.2 Å². The third kappa shape index (κ3) is 2.70. The number of benzene rings is 1. The minimum absolute atomic E-state index is 0.0745. The minimum Gasteiger partial charge on any atom is -0.408 e. The van der Waals surface area contributed by atoms with Crippen LogP contribution in [0.2, 0.25) is 0 Å². The molecule has 2 aromatic rings. The average molecular weight is 285 g/mol. The Hall–Kier alpha value is -1.64. The van der Waals surface area contributed by atoms with Crippen molar-refractivity contribution in [3.05, 3.63) is 28.7 Å². The lowest BCUT2D eigenvalue weighted by Gasteiger charge is -2.06. The summed E-state index contributed by atoms with van der Waals surface area (Å²) in [5, 5.41) is 2.84. The molecule has 19 heavy (non-hydrogen) atoms. The van der Waals surface area contributed by atoms with E-state index < -0.39 is 15.8 Å². The Morgan fingerprint density at radius 2 is 2.05 bits per heavy atom. The van der Waals surface area contributed by atoms with Gasteiger partial charge < -0.3 is 9.73 Å². The topological polar surface area (TPSA) is 93.3 Å². The normalized spacial score (nSPS) is 12.1. The highest BCUT2D eigenvalue weighted by Crippen LogP contribution is 2.17. The molecule has 0 aliphatic rings. The van der Waals surface area contributed by atoms with E-state index in [2.05, 4.69) is 10.0 Å². The minimum atomic E-state index is -3.59. The predicted molar refractivity (Wildman–Crippen MR) is 70.6 cm³/mol. The fourth-order valence-electron chi connectivity index (χ4n) is 1.68. The van der Waals surface area contributed by atoms with Crippen LogP contribution in [0.3, 0.4) is 0 Å². The van der Waals surface area contributed by atoms with Gasteiger partial charge in [-0.05, 0) is 19.2 Å². The van der Waals surface area contributed by atoms with Crippen LogP contribution in [0.1, 0.15) is 0 Å². The van der Waals surface area contributed by atoms with Crippen LogP contribution in [-0.2, 0) is 17.1 Å². The van der Waals surface area contributed by atoms with Crippen LogP contribution in [0.4, 0.5) is 0 Å². The highest BCUT2D eigenvalue weighted by atomic mass is 32.2. The van der Waals surface area contributed by atoms with Crippen LogP contribution >= 0.6 is 0 Å². The van der Waals surface area contributed by atoms with Crippen molar-refractivity contribution in [1.82, 2.24) is 14.6 Å². The largest absolute Gasteiger partial charge is 0.419 e. The van der Waals surface area contributed by atoms with Gasteiger partial charge in [0.15, 0.2) is 5.58 Å². The van der Waals surface area contributed by atoms with Crippen LogP contribution in [-0.4, -0.2) is 33.1 Å². The first-order valence-electron chi connectivity index (χ1n) is 5.69. The summed E-state index contributed by atoms with van der Waals surface area (Å²) in [4.78, 5) is 11.4. The number of aryl methyl sites for hydroxylation is 1. The van der Waals surface area contributed by atoms with Gasteiger partial charge in [-0.2, -0.15) is 0 Å². The molecule has 0 saturated carbocycles. The second kappa shape index (κ2) is 5.16. The third-order valence-corrected chi connectivity index (χ3v) is 4.20. The van der Waals surface area contributed by atoms with Crippen LogP contribution in [0, 0.1) is 0 Å². The molecule has 0 aliphatic carbocycles. The van der Waals surface area contributed by atoms with Crippen LogP contribution < -0.4 is 15.8 Å². The number of hydrogen-bond donors (Lipinski definition) is 2. The van der Waals surface area contributed by atoms with E-state index in [1.165, 1.54) is 16.7 Å². The van der Waals surface area contributed by atoms with Crippen molar-refractivity contribution in [1.29, 1.82) is 0 Å². The molecule has 0 saturated heterocycles. The molecule has 0 spiro atoms. The first-order chi connectivity index (χ1) is 8.95. The van der Waals surface area contributed by atoms with E-state index in [0.717, 1.165) is 0 Å². The van der Waals surface area contributed by atoms with E-state index in [4.69, 9.17) is 4.42 Å². The monoisotopic (exact) mass is 285 g/mol. The number of aromatic nitrogens is 1. The molecule has 7 nitrogen and oxygen atoms in total. The molecule has 104 valence electrons. The van der Waals surface area contributed by atoms with Crippen molar-refractivity contribution in [3.8, 4) is 0 Å². The summed E-state index contributed by atoms with van der Waals surface area (Å²) in [5.41, 5.74) is 0.808. The average Bonchev–Trinajstić information content (AvgIpc) is 2.65. The Labute approximate surface area is 110 Å². The van der Waals surface area contributed by atoms with Crippen molar-refractivity contribution in [2.75, 3.05) is 20.1 Å². The fraction of sp³-hybridized carbons (Fsp3) is 0.364. The van der Waals surface area contributed by atoms with Gasteiger partial charge in [-0.25, -0.2) is 17.9 Å².